The van der Waals surface area contributed by atoms with Crippen molar-refractivity contribution in [1.82, 2.24) is 5.32 Å². The minimum absolute atomic E-state index is 0.696. The minimum atomic E-state index is 0.696. The summed E-state index contributed by atoms with van der Waals surface area (Å²) in [5.74, 6) is 1.63. The van der Waals surface area contributed by atoms with Gasteiger partial charge in [-0.3, -0.25) is 0 Å². The van der Waals surface area contributed by atoms with Crippen molar-refractivity contribution in [2.45, 2.75) is 38.3 Å². The van der Waals surface area contributed by atoms with Crippen molar-refractivity contribution in [1.29, 1.82) is 0 Å². The number of rotatable bonds is 9. The van der Waals surface area contributed by atoms with E-state index in [2.05, 4.69) is 24.0 Å². The highest BCUT2D eigenvalue weighted by Crippen LogP contribution is 2.28. The van der Waals surface area contributed by atoms with Gasteiger partial charge in [0.25, 0.3) is 0 Å². The largest absolute Gasteiger partial charge is 0.493 e. The molecule has 0 spiro atoms. The Bertz CT molecular complexity index is 413. The first-order chi connectivity index (χ1) is 9.33. The fourth-order valence-electron chi connectivity index (χ4n) is 1.90. The smallest absolute Gasteiger partial charge is 0.161 e. The molecule has 104 valence electrons. The van der Waals surface area contributed by atoms with Crippen LogP contribution < -0.4 is 14.8 Å². The first kappa shape index (κ1) is 13.9. The van der Waals surface area contributed by atoms with Crippen LogP contribution in [0.2, 0.25) is 0 Å². The molecule has 0 heterocycles. The number of ether oxygens (including phenoxy) is 2. The third kappa shape index (κ3) is 4.60. The first-order valence-electron chi connectivity index (χ1n) is 6.97. The van der Waals surface area contributed by atoms with E-state index >= 15 is 0 Å². The molecule has 0 aliphatic heterocycles. The average molecular weight is 261 g/mol. The number of methoxy groups -OCH3 is 1. The third-order valence-electron chi connectivity index (χ3n) is 3.21. The second kappa shape index (κ2) is 7.19. The monoisotopic (exact) mass is 261 g/mol. The van der Waals surface area contributed by atoms with Gasteiger partial charge < -0.3 is 14.8 Å². The van der Waals surface area contributed by atoms with Crippen molar-refractivity contribution in [2.24, 2.45) is 0 Å². The minimum Gasteiger partial charge on any atom is -0.493 e. The lowest BCUT2D eigenvalue weighted by molar-refractivity contribution is 0.290. The van der Waals surface area contributed by atoms with Gasteiger partial charge in [-0.15, -0.1) is 6.58 Å². The average Bonchev–Trinajstić information content (AvgIpc) is 3.26. The number of nitrogens with one attached hydrogen (secondary N) is 1. The summed E-state index contributed by atoms with van der Waals surface area (Å²) in [6.07, 6.45) is 6.49. The Balaban J connectivity index is 1.91. The number of hydrogen-bond donors (Lipinski definition) is 1. The SMILES string of the molecule is C=CCCCOc1cc(CNC2CC2)ccc1OC. The fourth-order valence-corrected chi connectivity index (χ4v) is 1.90. The summed E-state index contributed by atoms with van der Waals surface area (Å²) < 4.78 is 11.1. The van der Waals surface area contributed by atoms with Crippen molar-refractivity contribution < 1.29 is 9.47 Å². The van der Waals surface area contributed by atoms with Crippen LogP contribution in [-0.4, -0.2) is 19.8 Å². The van der Waals surface area contributed by atoms with Gasteiger partial charge in [-0.25, -0.2) is 0 Å². The Morgan fingerprint density at radius 1 is 1.37 bits per heavy atom. The van der Waals surface area contributed by atoms with E-state index in [0.717, 1.165) is 36.9 Å². The Kier molecular flexibility index (Phi) is 5.28. The summed E-state index contributed by atoms with van der Waals surface area (Å²) in [6, 6.07) is 6.86. The van der Waals surface area contributed by atoms with Gasteiger partial charge in [-0.1, -0.05) is 12.1 Å². The quantitative estimate of drug-likeness (QED) is 0.546. The van der Waals surface area contributed by atoms with E-state index in [9.17, 15) is 0 Å². The predicted molar refractivity (Wildman–Crippen MR) is 77.8 cm³/mol. The van der Waals surface area contributed by atoms with E-state index in [-0.39, 0.29) is 0 Å². The number of benzene rings is 1. The zero-order valence-corrected chi connectivity index (χ0v) is 11.7. The first-order valence-corrected chi connectivity index (χ1v) is 6.97. The van der Waals surface area contributed by atoms with Crippen LogP contribution in [-0.2, 0) is 6.54 Å². The number of unbranched alkanes of at least 4 members (excludes halogenated alkanes) is 1. The lowest BCUT2D eigenvalue weighted by Gasteiger charge is -2.12. The van der Waals surface area contributed by atoms with Crippen LogP contribution in [0.15, 0.2) is 30.9 Å². The lowest BCUT2D eigenvalue weighted by Crippen LogP contribution is -2.15. The van der Waals surface area contributed by atoms with Crippen LogP contribution in [0.5, 0.6) is 11.5 Å². The van der Waals surface area contributed by atoms with E-state index in [1.165, 1.54) is 18.4 Å². The zero-order chi connectivity index (χ0) is 13.5. The maximum Gasteiger partial charge on any atom is 0.161 e. The standard InChI is InChI=1S/C16H23NO2/c1-3-4-5-10-19-16-11-13(6-9-15(16)18-2)12-17-14-7-8-14/h3,6,9,11,14,17H,1,4-5,7-8,10,12H2,2H3. The fraction of sp³-hybridized carbons (Fsp3) is 0.500. The summed E-state index contributed by atoms with van der Waals surface area (Å²) in [7, 11) is 1.67. The summed E-state index contributed by atoms with van der Waals surface area (Å²) in [6.45, 7) is 5.31. The van der Waals surface area contributed by atoms with Gasteiger partial charge in [-0.2, -0.15) is 0 Å². The highest BCUT2D eigenvalue weighted by molar-refractivity contribution is 5.43. The molecule has 1 aliphatic rings. The molecule has 0 aromatic heterocycles. The number of allylic oxidation sites excluding steroid dienone is 1. The molecule has 0 atom stereocenters. The Labute approximate surface area is 115 Å². The van der Waals surface area contributed by atoms with E-state index in [1.54, 1.807) is 7.11 Å². The highest BCUT2D eigenvalue weighted by atomic mass is 16.5. The second-order valence-electron chi connectivity index (χ2n) is 4.92. The van der Waals surface area contributed by atoms with Gasteiger partial charge in [0.1, 0.15) is 0 Å². The van der Waals surface area contributed by atoms with Gasteiger partial charge >= 0.3 is 0 Å². The Morgan fingerprint density at radius 2 is 2.21 bits per heavy atom. The molecule has 1 aromatic carbocycles. The summed E-state index contributed by atoms with van der Waals surface area (Å²) in [4.78, 5) is 0. The van der Waals surface area contributed by atoms with Gasteiger partial charge in [-0.05, 0) is 43.4 Å². The molecule has 1 saturated carbocycles. The molecule has 1 aromatic rings. The van der Waals surface area contributed by atoms with E-state index in [4.69, 9.17) is 9.47 Å². The third-order valence-corrected chi connectivity index (χ3v) is 3.21. The van der Waals surface area contributed by atoms with Gasteiger partial charge in [0.15, 0.2) is 11.5 Å². The van der Waals surface area contributed by atoms with E-state index in [1.807, 2.05) is 12.1 Å². The summed E-state index contributed by atoms with van der Waals surface area (Å²) >= 11 is 0. The van der Waals surface area contributed by atoms with Crippen molar-refractivity contribution in [2.75, 3.05) is 13.7 Å². The van der Waals surface area contributed by atoms with Crippen molar-refractivity contribution >= 4 is 0 Å². The van der Waals surface area contributed by atoms with Crippen molar-refractivity contribution in [3.63, 3.8) is 0 Å². The molecule has 2 rings (SSSR count). The van der Waals surface area contributed by atoms with E-state index < -0.39 is 0 Å². The summed E-state index contributed by atoms with van der Waals surface area (Å²) in [5.41, 5.74) is 1.24. The maximum absolute atomic E-state index is 5.79. The molecule has 19 heavy (non-hydrogen) atoms. The van der Waals surface area contributed by atoms with E-state index in [0.29, 0.717) is 6.61 Å². The van der Waals surface area contributed by atoms with Crippen LogP contribution in [0.4, 0.5) is 0 Å². The van der Waals surface area contributed by atoms with Gasteiger partial charge in [0.2, 0.25) is 0 Å². The van der Waals surface area contributed by atoms with Crippen LogP contribution in [0.25, 0.3) is 0 Å². The molecule has 3 heteroatoms. The second-order valence-corrected chi connectivity index (χ2v) is 4.92. The van der Waals surface area contributed by atoms with Crippen molar-refractivity contribution in [3.05, 3.63) is 36.4 Å². The molecule has 0 bridgehead atoms. The summed E-state index contributed by atoms with van der Waals surface area (Å²) in [5, 5.41) is 3.50. The van der Waals surface area contributed by atoms with Gasteiger partial charge in [0.05, 0.1) is 13.7 Å². The molecular weight excluding hydrogens is 238 g/mol. The van der Waals surface area contributed by atoms with Crippen molar-refractivity contribution in [3.8, 4) is 11.5 Å². The zero-order valence-electron chi connectivity index (χ0n) is 11.7. The highest BCUT2D eigenvalue weighted by Gasteiger charge is 2.20. The molecule has 0 saturated heterocycles. The maximum atomic E-state index is 5.79. The Hall–Kier alpha value is -1.48. The Morgan fingerprint density at radius 3 is 2.89 bits per heavy atom. The molecule has 3 nitrogen and oxygen atoms in total. The molecular formula is C16H23NO2. The molecule has 0 amide bonds. The van der Waals surface area contributed by atoms with Crippen LogP contribution >= 0.6 is 0 Å². The molecule has 1 N–H and O–H groups in total. The topological polar surface area (TPSA) is 30.5 Å². The van der Waals surface area contributed by atoms with Crippen LogP contribution in [0, 0.1) is 0 Å². The van der Waals surface area contributed by atoms with Crippen LogP contribution in [0.3, 0.4) is 0 Å². The van der Waals surface area contributed by atoms with Crippen LogP contribution in [0.1, 0.15) is 31.2 Å². The number of hydrogen-bond acceptors (Lipinski definition) is 3. The molecule has 1 fully saturated rings. The molecule has 0 radical (unpaired) electrons. The predicted octanol–water partition coefficient (Wildman–Crippen LogP) is 3.29. The molecule has 1 aliphatic carbocycles. The lowest BCUT2D eigenvalue weighted by atomic mass is 10.2. The molecule has 0 unspecified atom stereocenters. The normalized spacial score (nSPS) is 14.2. The van der Waals surface area contributed by atoms with Gasteiger partial charge in [0, 0.05) is 12.6 Å².